The van der Waals surface area contributed by atoms with Gasteiger partial charge >= 0.3 is 0 Å². The molecule has 1 heterocycles. The first-order valence-electron chi connectivity index (χ1n) is 6.33. The number of carbonyl (C=O) groups is 1. The van der Waals surface area contributed by atoms with Crippen molar-refractivity contribution in [3.05, 3.63) is 29.3 Å². The van der Waals surface area contributed by atoms with Crippen LogP contribution in [-0.4, -0.2) is 41.1 Å². The van der Waals surface area contributed by atoms with Gasteiger partial charge in [0.15, 0.2) is 0 Å². The summed E-state index contributed by atoms with van der Waals surface area (Å²) in [5.41, 5.74) is 1.25. The molecule has 98 valence electrons. The number of carbonyl (C=O) groups excluding carboxylic acids is 1. The third-order valence-electron chi connectivity index (χ3n) is 3.56. The first-order valence-corrected chi connectivity index (χ1v) is 6.33. The molecule has 1 fully saturated rings. The Bertz CT molecular complexity index is 459. The molecule has 0 saturated carbocycles. The minimum Gasteiger partial charge on any atom is -0.508 e. The normalized spacial score (nSPS) is 24.1. The van der Waals surface area contributed by atoms with E-state index in [0.717, 1.165) is 6.54 Å². The molecule has 1 aromatic rings. The number of amides is 1. The summed E-state index contributed by atoms with van der Waals surface area (Å²) in [5.74, 6) is 0.181. The standard InChI is InChI=1S/C14H20N2O2/c1-9-8-16(10(2)7-15-9)14(18)12-5-4-6-13(17)11(12)3/h4-6,9-10,15,17H,7-8H2,1-3H3. The highest BCUT2D eigenvalue weighted by molar-refractivity contribution is 5.96. The van der Waals surface area contributed by atoms with Crippen molar-refractivity contribution in [2.24, 2.45) is 0 Å². The number of nitrogens with zero attached hydrogens (tertiary/aromatic N) is 1. The van der Waals surface area contributed by atoms with Gasteiger partial charge in [0.1, 0.15) is 5.75 Å². The third-order valence-corrected chi connectivity index (χ3v) is 3.56. The molecule has 2 atom stereocenters. The van der Waals surface area contributed by atoms with E-state index in [4.69, 9.17) is 0 Å². The highest BCUT2D eigenvalue weighted by Gasteiger charge is 2.28. The average molecular weight is 248 g/mol. The summed E-state index contributed by atoms with van der Waals surface area (Å²) in [6.45, 7) is 7.40. The molecule has 0 aromatic heterocycles. The lowest BCUT2D eigenvalue weighted by Crippen LogP contribution is -2.56. The Labute approximate surface area is 108 Å². The number of phenolic OH excluding ortho intramolecular Hbond substituents is 1. The van der Waals surface area contributed by atoms with Crippen LogP contribution >= 0.6 is 0 Å². The van der Waals surface area contributed by atoms with Crippen LogP contribution in [0.3, 0.4) is 0 Å². The fourth-order valence-electron chi connectivity index (χ4n) is 2.31. The van der Waals surface area contributed by atoms with Crippen molar-refractivity contribution in [2.75, 3.05) is 13.1 Å². The topological polar surface area (TPSA) is 52.6 Å². The van der Waals surface area contributed by atoms with E-state index in [9.17, 15) is 9.90 Å². The molecule has 4 heteroatoms. The maximum Gasteiger partial charge on any atom is 0.254 e. The lowest BCUT2D eigenvalue weighted by molar-refractivity contribution is 0.0615. The van der Waals surface area contributed by atoms with Crippen molar-refractivity contribution < 1.29 is 9.90 Å². The minimum atomic E-state index is 0.00394. The van der Waals surface area contributed by atoms with Gasteiger partial charge in [0.05, 0.1) is 0 Å². The van der Waals surface area contributed by atoms with Gasteiger partial charge in [0.2, 0.25) is 0 Å². The maximum atomic E-state index is 12.5. The van der Waals surface area contributed by atoms with Crippen molar-refractivity contribution in [3.63, 3.8) is 0 Å². The number of hydrogen-bond acceptors (Lipinski definition) is 3. The molecule has 18 heavy (non-hydrogen) atoms. The molecule has 1 aromatic carbocycles. The maximum absolute atomic E-state index is 12.5. The SMILES string of the molecule is Cc1c(O)cccc1C(=O)N1CC(C)NCC1C. The van der Waals surface area contributed by atoms with Crippen molar-refractivity contribution >= 4 is 5.91 Å². The Hall–Kier alpha value is -1.55. The van der Waals surface area contributed by atoms with Gasteiger partial charge in [-0.15, -0.1) is 0 Å². The molecule has 0 aliphatic carbocycles. The quantitative estimate of drug-likeness (QED) is 0.792. The fourth-order valence-corrected chi connectivity index (χ4v) is 2.31. The molecule has 1 aliphatic heterocycles. The molecular weight excluding hydrogens is 228 g/mol. The summed E-state index contributed by atoms with van der Waals surface area (Å²) < 4.78 is 0. The van der Waals surface area contributed by atoms with Crippen LogP contribution in [0.25, 0.3) is 0 Å². The van der Waals surface area contributed by atoms with E-state index in [1.807, 2.05) is 11.8 Å². The largest absolute Gasteiger partial charge is 0.508 e. The molecule has 2 N–H and O–H groups in total. The third kappa shape index (κ3) is 2.34. The number of benzene rings is 1. The second kappa shape index (κ2) is 4.98. The van der Waals surface area contributed by atoms with Gasteiger partial charge in [-0.3, -0.25) is 4.79 Å². The van der Waals surface area contributed by atoms with Gasteiger partial charge in [-0.2, -0.15) is 0 Å². The number of nitrogens with one attached hydrogen (secondary N) is 1. The van der Waals surface area contributed by atoms with Crippen molar-refractivity contribution in [1.82, 2.24) is 10.2 Å². The van der Waals surface area contributed by atoms with Gasteiger partial charge in [-0.1, -0.05) is 6.07 Å². The van der Waals surface area contributed by atoms with Gasteiger partial charge in [0.25, 0.3) is 5.91 Å². The summed E-state index contributed by atoms with van der Waals surface area (Å²) >= 11 is 0. The van der Waals surface area contributed by atoms with E-state index in [1.165, 1.54) is 0 Å². The minimum absolute atomic E-state index is 0.00394. The van der Waals surface area contributed by atoms with Crippen LogP contribution in [-0.2, 0) is 0 Å². The molecular formula is C14H20N2O2. The summed E-state index contributed by atoms with van der Waals surface area (Å²) in [6.07, 6.45) is 0. The van der Waals surface area contributed by atoms with Crippen LogP contribution in [0.2, 0.25) is 0 Å². The first kappa shape index (κ1) is 12.9. The van der Waals surface area contributed by atoms with Gasteiger partial charge in [-0.05, 0) is 32.9 Å². The second-order valence-corrected chi connectivity index (χ2v) is 5.07. The molecule has 1 amide bonds. The van der Waals surface area contributed by atoms with E-state index in [2.05, 4.69) is 12.2 Å². The van der Waals surface area contributed by atoms with Crippen LogP contribution in [0.1, 0.15) is 29.8 Å². The number of hydrogen-bond donors (Lipinski definition) is 2. The molecule has 1 aliphatic rings. The van der Waals surface area contributed by atoms with E-state index < -0.39 is 0 Å². The Kier molecular flexibility index (Phi) is 3.57. The summed E-state index contributed by atoms with van der Waals surface area (Å²) in [5, 5.41) is 13.0. The second-order valence-electron chi connectivity index (χ2n) is 5.07. The Morgan fingerprint density at radius 3 is 2.89 bits per heavy atom. The fraction of sp³-hybridized carbons (Fsp3) is 0.500. The van der Waals surface area contributed by atoms with Crippen molar-refractivity contribution in [2.45, 2.75) is 32.9 Å². The molecule has 2 unspecified atom stereocenters. The van der Waals surface area contributed by atoms with Gasteiger partial charge in [-0.25, -0.2) is 0 Å². The van der Waals surface area contributed by atoms with Crippen LogP contribution in [0.5, 0.6) is 5.75 Å². The van der Waals surface area contributed by atoms with Crippen LogP contribution in [0.15, 0.2) is 18.2 Å². The molecule has 0 radical (unpaired) electrons. The zero-order chi connectivity index (χ0) is 13.3. The Morgan fingerprint density at radius 1 is 1.44 bits per heavy atom. The predicted molar refractivity (Wildman–Crippen MR) is 70.8 cm³/mol. The molecule has 2 rings (SSSR count). The lowest BCUT2D eigenvalue weighted by Gasteiger charge is -2.37. The van der Waals surface area contributed by atoms with E-state index in [1.54, 1.807) is 25.1 Å². The summed E-state index contributed by atoms with van der Waals surface area (Å²) in [4.78, 5) is 14.4. The Balaban J connectivity index is 2.27. The summed E-state index contributed by atoms with van der Waals surface area (Å²) in [7, 11) is 0. The first-order chi connectivity index (χ1) is 8.50. The molecule has 1 saturated heterocycles. The van der Waals surface area contributed by atoms with Crippen molar-refractivity contribution in [1.29, 1.82) is 0 Å². The zero-order valence-electron chi connectivity index (χ0n) is 11.1. The van der Waals surface area contributed by atoms with Crippen molar-refractivity contribution in [3.8, 4) is 5.75 Å². The highest BCUT2D eigenvalue weighted by Crippen LogP contribution is 2.22. The monoisotopic (exact) mass is 248 g/mol. The molecule has 4 nitrogen and oxygen atoms in total. The average Bonchev–Trinajstić information content (AvgIpc) is 2.35. The van der Waals surface area contributed by atoms with Crippen LogP contribution in [0.4, 0.5) is 0 Å². The lowest BCUT2D eigenvalue weighted by atomic mass is 10.0. The highest BCUT2D eigenvalue weighted by atomic mass is 16.3. The number of phenols is 1. The molecule has 0 spiro atoms. The van der Waals surface area contributed by atoms with E-state index in [0.29, 0.717) is 23.7 Å². The zero-order valence-corrected chi connectivity index (χ0v) is 11.1. The summed E-state index contributed by atoms with van der Waals surface area (Å²) in [6, 6.07) is 5.58. The van der Waals surface area contributed by atoms with E-state index in [-0.39, 0.29) is 17.7 Å². The number of piperazine rings is 1. The van der Waals surface area contributed by atoms with Crippen LogP contribution < -0.4 is 5.32 Å². The van der Waals surface area contributed by atoms with Gasteiger partial charge in [0, 0.05) is 36.3 Å². The molecule has 0 bridgehead atoms. The Morgan fingerprint density at radius 2 is 2.17 bits per heavy atom. The van der Waals surface area contributed by atoms with E-state index >= 15 is 0 Å². The number of aromatic hydroxyl groups is 1. The van der Waals surface area contributed by atoms with Crippen LogP contribution in [0, 0.1) is 6.92 Å². The predicted octanol–water partition coefficient (Wildman–Crippen LogP) is 1.52. The van der Waals surface area contributed by atoms with Gasteiger partial charge < -0.3 is 15.3 Å². The smallest absolute Gasteiger partial charge is 0.254 e. The number of rotatable bonds is 1.